The minimum absolute atomic E-state index is 0. The predicted molar refractivity (Wildman–Crippen MR) is 98.0 cm³/mol. The van der Waals surface area contributed by atoms with E-state index in [-0.39, 0.29) is 24.0 Å². The second kappa shape index (κ2) is 13.5. The van der Waals surface area contributed by atoms with Crippen molar-refractivity contribution in [3.63, 3.8) is 0 Å². The monoisotopic (exact) mass is 436 g/mol. The Balaban J connectivity index is 0. The molecular weight excluding hydrogens is 407 g/mol. The van der Waals surface area contributed by atoms with Crippen molar-refractivity contribution in [2.75, 3.05) is 52.7 Å². The third kappa shape index (κ3) is 12.1. The van der Waals surface area contributed by atoms with Gasteiger partial charge in [-0.2, -0.15) is 0 Å². The van der Waals surface area contributed by atoms with E-state index < -0.39 is 10.0 Å². The maximum Gasteiger partial charge on any atom is 0.211 e. The average molecular weight is 436 g/mol. The van der Waals surface area contributed by atoms with Crippen molar-refractivity contribution in [3.05, 3.63) is 0 Å². The molecule has 9 heteroatoms. The third-order valence-electron chi connectivity index (χ3n) is 2.60. The lowest BCUT2D eigenvalue weighted by Gasteiger charge is -2.17. The number of methoxy groups -OCH3 is 1. The van der Waals surface area contributed by atoms with Gasteiger partial charge in [-0.25, -0.2) is 12.7 Å². The molecular formula is C12H29IN4O3S. The van der Waals surface area contributed by atoms with Gasteiger partial charge in [0.05, 0.1) is 12.9 Å². The first kappa shape index (κ1) is 23.1. The molecule has 2 N–H and O–H groups in total. The van der Waals surface area contributed by atoms with Crippen LogP contribution in [0.3, 0.4) is 0 Å². The second-order valence-corrected chi connectivity index (χ2v) is 6.27. The lowest BCUT2D eigenvalue weighted by atomic mass is 10.4. The van der Waals surface area contributed by atoms with Gasteiger partial charge in [0.1, 0.15) is 0 Å². The molecule has 0 radical (unpaired) electrons. The van der Waals surface area contributed by atoms with Crippen molar-refractivity contribution in [3.8, 4) is 0 Å². The molecule has 0 aromatic rings. The summed E-state index contributed by atoms with van der Waals surface area (Å²) in [7, 11) is -1.46. The van der Waals surface area contributed by atoms with Crippen LogP contribution in [0.4, 0.5) is 0 Å². The van der Waals surface area contributed by atoms with Crippen LogP contribution in [0.5, 0.6) is 0 Å². The van der Waals surface area contributed by atoms with Crippen LogP contribution >= 0.6 is 24.0 Å². The lowest BCUT2D eigenvalue weighted by molar-refractivity contribution is 0.203. The van der Waals surface area contributed by atoms with Gasteiger partial charge < -0.3 is 15.4 Å². The fourth-order valence-corrected chi connectivity index (χ4v) is 2.54. The van der Waals surface area contributed by atoms with Crippen LogP contribution in [0.15, 0.2) is 4.99 Å². The highest BCUT2D eigenvalue weighted by Crippen LogP contribution is 1.98. The maximum atomic E-state index is 11.4. The van der Waals surface area contributed by atoms with E-state index >= 15 is 0 Å². The summed E-state index contributed by atoms with van der Waals surface area (Å²) in [5.74, 6) is 0.729. The summed E-state index contributed by atoms with van der Waals surface area (Å²) in [4.78, 5) is 4.39. The van der Waals surface area contributed by atoms with Crippen LogP contribution in [0, 0.1) is 0 Å². The molecule has 7 nitrogen and oxygen atoms in total. The van der Waals surface area contributed by atoms with E-state index in [0.29, 0.717) is 39.2 Å². The standard InChI is InChI=1S/C12H28N4O3S.HI/c1-5-13-12(15-9-11-19-3)14-8-7-10-16(6-2)20(4,17)18;/h5-11H2,1-4H3,(H2,13,14,15);1H. The van der Waals surface area contributed by atoms with Crippen LogP contribution < -0.4 is 10.6 Å². The predicted octanol–water partition coefficient (Wildman–Crippen LogP) is 0.478. The molecule has 0 aromatic heterocycles. The Hall–Kier alpha value is -0.130. The quantitative estimate of drug-likeness (QED) is 0.225. The van der Waals surface area contributed by atoms with Gasteiger partial charge in [0.25, 0.3) is 0 Å². The van der Waals surface area contributed by atoms with Gasteiger partial charge in [0.2, 0.25) is 10.0 Å². The number of guanidine groups is 1. The highest BCUT2D eigenvalue weighted by Gasteiger charge is 2.12. The van der Waals surface area contributed by atoms with E-state index in [1.807, 2.05) is 13.8 Å². The Morgan fingerprint density at radius 2 is 1.95 bits per heavy atom. The number of sulfonamides is 1. The lowest BCUT2D eigenvalue weighted by Crippen LogP contribution is -2.39. The number of ether oxygens (including phenoxy) is 1. The average Bonchev–Trinajstić information content (AvgIpc) is 2.37. The van der Waals surface area contributed by atoms with Gasteiger partial charge in [0, 0.05) is 39.8 Å². The van der Waals surface area contributed by atoms with Gasteiger partial charge in [-0.05, 0) is 13.3 Å². The normalized spacial score (nSPS) is 12.1. The van der Waals surface area contributed by atoms with Gasteiger partial charge in [-0.3, -0.25) is 4.99 Å². The van der Waals surface area contributed by atoms with Gasteiger partial charge in [0.15, 0.2) is 5.96 Å². The maximum absolute atomic E-state index is 11.4. The Labute approximate surface area is 146 Å². The fraction of sp³-hybridized carbons (Fsp3) is 0.917. The van der Waals surface area contributed by atoms with Crippen LogP contribution in [-0.2, 0) is 14.8 Å². The Kier molecular flexibility index (Phi) is 14.9. The largest absolute Gasteiger partial charge is 0.383 e. The summed E-state index contributed by atoms with van der Waals surface area (Å²) in [5.41, 5.74) is 0. The van der Waals surface area contributed by atoms with E-state index in [4.69, 9.17) is 4.74 Å². The van der Waals surface area contributed by atoms with Crippen molar-refractivity contribution in [2.45, 2.75) is 20.3 Å². The van der Waals surface area contributed by atoms with Crippen LogP contribution in [0.2, 0.25) is 0 Å². The topological polar surface area (TPSA) is 83.0 Å². The SMILES string of the molecule is CCNC(=NCCCN(CC)S(C)(=O)=O)NCCOC.I. The summed E-state index contributed by atoms with van der Waals surface area (Å²) >= 11 is 0. The summed E-state index contributed by atoms with van der Waals surface area (Å²) in [5, 5.41) is 6.26. The molecule has 0 aliphatic carbocycles. The zero-order valence-corrected chi connectivity index (χ0v) is 16.5. The molecule has 0 aromatic carbocycles. The molecule has 0 saturated heterocycles. The van der Waals surface area contributed by atoms with E-state index in [2.05, 4.69) is 15.6 Å². The van der Waals surface area contributed by atoms with Crippen molar-refractivity contribution < 1.29 is 13.2 Å². The van der Waals surface area contributed by atoms with Crippen molar-refractivity contribution in [2.24, 2.45) is 4.99 Å². The van der Waals surface area contributed by atoms with E-state index in [9.17, 15) is 8.42 Å². The van der Waals surface area contributed by atoms with Crippen LogP contribution in [-0.4, -0.2) is 71.4 Å². The first-order valence-corrected chi connectivity index (χ1v) is 8.76. The number of halogens is 1. The molecule has 0 aliphatic heterocycles. The minimum Gasteiger partial charge on any atom is -0.383 e. The Bertz CT molecular complexity index is 377. The Morgan fingerprint density at radius 1 is 1.29 bits per heavy atom. The highest BCUT2D eigenvalue weighted by atomic mass is 127. The molecule has 0 fully saturated rings. The number of nitrogens with zero attached hydrogens (tertiary/aromatic N) is 2. The highest BCUT2D eigenvalue weighted by molar-refractivity contribution is 14.0. The first-order chi connectivity index (χ1) is 9.45. The zero-order valence-electron chi connectivity index (χ0n) is 13.4. The first-order valence-electron chi connectivity index (χ1n) is 6.91. The third-order valence-corrected chi connectivity index (χ3v) is 3.98. The number of hydrogen-bond acceptors (Lipinski definition) is 4. The molecule has 0 spiro atoms. The summed E-state index contributed by atoms with van der Waals surface area (Å²) in [6, 6.07) is 0. The van der Waals surface area contributed by atoms with Gasteiger partial charge in [-0.1, -0.05) is 6.92 Å². The molecule has 0 amide bonds. The van der Waals surface area contributed by atoms with E-state index in [0.717, 1.165) is 12.5 Å². The molecule has 0 atom stereocenters. The molecule has 0 unspecified atom stereocenters. The van der Waals surface area contributed by atoms with Gasteiger partial charge in [-0.15, -0.1) is 24.0 Å². The molecule has 21 heavy (non-hydrogen) atoms. The van der Waals surface area contributed by atoms with Crippen molar-refractivity contribution >= 4 is 40.0 Å². The summed E-state index contributed by atoms with van der Waals surface area (Å²) in [6.07, 6.45) is 1.93. The van der Waals surface area contributed by atoms with Crippen molar-refractivity contribution in [1.29, 1.82) is 0 Å². The second-order valence-electron chi connectivity index (χ2n) is 4.29. The molecule has 0 bridgehead atoms. The summed E-state index contributed by atoms with van der Waals surface area (Å²) in [6.45, 7) is 7.48. The number of aliphatic imine (C=N–C) groups is 1. The zero-order chi connectivity index (χ0) is 15.4. The molecule has 0 heterocycles. The number of rotatable bonds is 10. The Morgan fingerprint density at radius 3 is 2.43 bits per heavy atom. The smallest absolute Gasteiger partial charge is 0.211 e. The van der Waals surface area contributed by atoms with E-state index in [1.54, 1.807) is 7.11 Å². The van der Waals surface area contributed by atoms with Crippen molar-refractivity contribution in [1.82, 2.24) is 14.9 Å². The minimum atomic E-state index is -3.11. The molecule has 0 rings (SSSR count). The fourth-order valence-electron chi connectivity index (χ4n) is 1.61. The molecule has 0 aliphatic rings. The van der Waals surface area contributed by atoms with Gasteiger partial charge >= 0.3 is 0 Å². The molecule has 128 valence electrons. The summed E-state index contributed by atoms with van der Waals surface area (Å²) < 4.78 is 29.3. The van der Waals surface area contributed by atoms with E-state index in [1.165, 1.54) is 10.6 Å². The van der Waals surface area contributed by atoms with Crippen LogP contribution in [0.1, 0.15) is 20.3 Å². The molecule has 0 saturated carbocycles. The number of hydrogen-bond donors (Lipinski definition) is 2. The van der Waals surface area contributed by atoms with Crippen LogP contribution in [0.25, 0.3) is 0 Å². The number of nitrogens with one attached hydrogen (secondary N) is 2.